The number of amides is 2. The third-order valence-corrected chi connectivity index (χ3v) is 8.13. The largest absolute Gasteiger partial charge is 0.352 e. The third kappa shape index (κ3) is 4.06. The summed E-state index contributed by atoms with van der Waals surface area (Å²) in [7, 11) is 0. The molecule has 1 aliphatic heterocycles. The van der Waals surface area contributed by atoms with E-state index >= 15 is 0 Å². The summed E-state index contributed by atoms with van der Waals surface area (Å²) in [5.74, 6) is 3.51. The second kappa shape index (κ2) is 7.73. The van der Waals surface area contributed by atoms with Crippen molar-refractivity contribution in [1.82, 2.24) is 15.2 Å². The second-order valence-electron chi connectivity index (χ2n) is 10.4. The average molecular weight is 396 g/mol. The lowest BCUT2D eigenvalue weighted by Gasteiger charge is -2.57. The Morgan fingerprint density at radius 2 is 1.72 bits per heavy atom. The van der Waals surface area contributed by atoms with Gasteiger partial charge in [0.1, 0.15) is 0 Å². The number of likely N-dealkylation sites (tertiary alicyclic amines) is 1. The molecule has 1 saturated heterocycles. The van der Waals surface area contributed by atoms with Crippen LogP contribution in [0.4, 0.5) is 0 Å². The van der Waals surface area contributed by atoms with Gasteiger partial charge in [-0.15, -0.1) is 0 Å². The van der Waals surface area contributed by atoms with Crippen LogP contribution in [0.5, 0.6) is 0 Å². The van der Waals surface area contributed by atoms with Crippen LogP contribution in [0, 0.1) is 29.1 Å². The first-order valence-electron chi connectivity index (χ1n) is 11.5. The molecule has 29 heavy (non-hydrogen) atoms. The number of nitrogens with zero attached hydrogens (tertiary/aromatic N) is 2. The summed E-state index contributed by atoms with van der Waals surface area (Å²) in [4.78, 5) is 31.4. The zero-order valence-electron chi connectivity index (χ0n) is 17.3. The first-order valence-corrected chi connectivity index (χ1v) is 11.5. The molecule has 0 spiro atoms. The van der Waals surface area contributed by atoms with Crippen LogP contribution in [0.25, 0.3) is 0 Å². The van der Waals surface area contributed by atoms with Gasteiger partial charge in [0, 0.05) is 38.4 Å². The number of piperidine rings is 1. The predicted molar refractivity (Wildman–Crippen MR) is 111 cm³/mol. The summed E-state index contributed by atoms with van der Waals surface area (Å²) in [5, 5.41) is 3.03. The van der Waals surface area contributed by atoms with Crippen molar-refractivity contribution in [2.75, 3.05) is 19.6 Å². The van der Waals surface area contributed by atoms with Gasteiger partial charge in [-0.05, 0) is 92.6 Å². The Labute approximate surface area is 173 Å². The summed E-state index contributed by atoms with van der Waals surface area (Å²) in [6.45, 7) is 2.38. The standard InChI is InChI=1S/C24H33N3O2/c28-22(14-24-11-18-8-19(12-24)10-20(9-18)13-24)27-6-3-17(4-7-27)15-26-23(29)21-2-1-5-25-16-21/h1-2,5,16-20H,3-4,6-15H2,(H,26,29). The average Bonchev–Trinajstić information content (AvgIpc) is 2.71. The van der Waals surface area contributed by atoms with Crippen LogP contribution in [0.2, 0.25) is 0 Å². The number of carbonyl (C=O) groups excluding carboxylic acids is 2. The number of nitrogens with one attached hydrogen (secondary N) is 1. The molecular weight excluding hydrogens is 362 g/mol. The summed E-state index contributed by atoms with van der Waals surface area (Å²) in [6, 6.07) is 3.57. The number of rotatable bonds is 5. The molecule has 5 aliphatic rings. The first-order chi connectivity index (χ1) is 14.1. The van der Waals surface area contributed by atoms with Crippen molar-refractivity contribution in [3.05, 3.63) is 30.1 Å². The maximum absolute atomic E-state index is 13.1. The van der Waals surface area contributed by atoms with Crippen molar-refractivity contribution in [3.63, 3.8) is 0 Å². The molecule has 1 N–H and O–H groups in total. The van der Waals surface area contributed by atoms with Gasteiger partial charge in [0.25, 0.3) is 5.91 Å². The lowest BCUT2D eigenvalue weighted by atomic mass is 9.49. The van der Waals surface area contributed by atoms with Gasteiger partial charge < -0.3 is 10.2 Å². The Morgan fingerprint density at radius 1 is 1.07 bits per heavy atom. The van der Waals surface area contributed by atoms with E-state index in [1.54, 1.807) is 24.5 Å². The second-order valence-corrected chi connectivity index (χ2v) is 10.4. The van der Waals surface area contributed by atoms with Gasteiger partial charge in [0.2, 0.25) is 5.91 Å². The maximum atomic E-state index is 13.1. The monoisotopic (exact) mass is 395 g/mol. The van der Waals surface area contributed by atoms with Gasteiger partial charge in [-0.2, -0.15) is 0 Å². The molecule has 6 rings (SSSR count). The molecular formula is C24H33N3O2. The number of hydrogen-bond donors (Lipinski definition) is 1. The van der Waals surface area contributed by atoms with Crippen LogP contribution >= 0.6 is 0 Å². The Bertz CT molecular complexity index is 719. The highest BCUT2D eigenvalue weighted by Gasteiger charge is 2.51. The fourth-order valence-electron chi connectivity index (χ4n) is 7.16. The molecule has 2 heterocycles. The van der Waals surface area contributed by atoms with E-state index in [1.165, 1.54) is 38.5 Å². The smallest absolute Gasteiger partial charge is 0.252 e. The van der Waals surface area contributed by atoms with Crippen LogP contribution in [0.1, 0.15) is 68.1 Å². The van der Waals surface area contributed by atoms with Crippen molar-refractivity contribution in [3.8, 4) is 0 Å². The topological polar surface area (TPSA) is 62.3 Å². The first kappa shape index (κ1) is 19.1. The van der Waals surface area contributed by atoms with Gasteiger partial charge in [0.05, 0.1) is 5.56 Å². The fourth-order valence-corrected chi connectivity index (χ4v) is 7.16. The summed E-state index contributed by atoms with van der Waals surface area (Å²) >= 11 is 0. The van der Waals surface area contributed by atoms with E-state index in [9.17, 15) is 9.59 Å². The summed E-state index contributed by atoms with van der Waals surface area (Å²) in [5.41, 5.74) is 0.941. The van der Waals surface area contributed by atoms with Gasteiger partial charge in [0.15, 0.2) is 0 Å². The molecule has 4 saturated carbocycles. The molecule has 5 fully saturated rings. The van der Waals surface area contributed by atoms with Gasteiger partial charge in [-0.25, -0.2) is 0 Å². The lowest BCUT2D eigenvalue weighted by molar-refractivity contribution is -0.140. The minimum atomic E-state index is -0.0570. The zero-order chi connectivity index (χ0) is 19.8. The molecule has 1 aromatic heterocycles. The van der Waals surface area contributed by atoms with E-state index in [1.807, 2.05) is 0 Å². The molecule has 5 heteroatoms. The zero-order valence-corrected chi connectivity index (χ0v) is 17.3. The van der Waals surface area contributed by atoms with Crippen LogP contribution in [0.3, 0.4) is 0 Å². The number of aromatic nitrogens is 1. The van der Waals surface area contributed by atoms with Crippen LogP contribution in [-0.2, 0) is 4.79 Å². The lowest BCUT2D eigenvalue weighted by Crippen LogP contribution is -2.49. The van der Waals surface area contributed by atoms with Crippen LogP contribution < -0.4 is 5.32 Å². The Morgan fingerprint density at radius 3 is 2.31 bits per heavy atom. The van der Waals surface area contributed by atoms with Crippen molar-refractivity contribution in [2.45, 2.75) is 57.8 Å². The Hall–Kier alpha value is -1.91. The van der Waals surface area contributed by atoms with Crippen molar-refractivity contribution >= 4 is 11.8 Å². The molecule has 1 aromatic rings. The minimum Gasteiger partial charge on any atom is -0.352 e. The van der Waals surface area contributed by atoms with Gasteiger partial charge in [-0.3, -0.25) is 14.6 Å². The molecule has 0 unspecified atom stereocenters. The van der Waals surface area contributed by atoms with E-state index in [-0.39, 0.29) is 5.91 Å². The van der Waals surface area contributed by atoms with E-state index in [0.29, 0.717) is 29.3 Å². The van der Waals surface area contributed by atoms with Crippen molar-refractivity contribution < 1.29 is 9.59 Å². The Kier molecular flexibility index (Phi) is 5.09. The molecule has 2 amide bonds. The SMILES string of the molecule is O=C(NCC1CCN(C(=O)CC23CC4CC(CC(C4)C2)C3)CC1)c1cccnc1. The maximum Gasteiger partial charge on any atom is 0.252 e. The van der Waals surface area contributed by atoms with Crippen LogP contribution in [-0.4, -0.2) is 41.3 Å². The minimum absolute atomic E-state index is 0.0570. The molecule has 0 atom stereocenters. The van der Waals surface area contributed by atoms with Gasteiger partial charge >= 0.3 is 0 Å². The summed E-state index contributed by atoms with van der Waals surface area (Å²) < 4.78 is 0. The van der Waals surface area contributed by atoms with E-state index in [0.717, 1.165) is 50.1 Å². The van der Waals surface area contributed by atoms with E-state index in [2.05, 4.69) is 15.2 Å². The number of hydrogen-bond acceptors (Lipinski definition) is 3. The number of carbonyl (C=O) groups is 2. The van der Waals surface area contributed by atoms with Crippen molar-refractivity contribution in [2.24, 2.45) is 29.1 Å². The highest BCUT2D eigenvalue weighted by Crippen LogP contribution is 2.61. The molecule has 5 nitrogen and oxygen atoms in total. The fraction of sp³-hybridized carbons (Fsp3) is 0.708. The van der Waals surface area contributed by atoms with Crippen LogP contribution in [0.15, 0.2) is 24.5 Å². The third-order valence-electron chi connectivity index (χ3n) is 8.13. The molecule has 4 aliphatic carbocycles. The highest BCUT2D eigenvalue weighted by molar-refractivity contribution is 5.93. The van der Waals surface area contributed by atoms with Gasteiger partial charge in [-0.1, -0.05) is 0 Å². The summed E-state index contributed by atoms with van der Waals surface area (Å²) in [6.07, 6.45) is 14.3. The molecule has 156 valence electrons. The number of pyridine rings is 1. The Balaban J connectivity index is 1.09. The molecule has 0 aromatic carbocycles. The normalized spacial score (nSPS) is 33.7. The van der Waals surface area contributed by atoms with E-state index in [4.69, 9.17) is 0 Å². The predicted octanol–water partition coefficient (Wildman–Crippen LogP) is 3.66. The molecule has 0 radical (unpaired) electrons. The quantitative estimate of drug-likeness (QED) is 0.828. The van der Waals surface area contributed by atoms with E-state index < -0.39 is 0 Å². The molecule has 4 bridgehead atoms. The van der Waals surface area contributed by atoms with Crippen molar-refractivity contribution in [1.29, 1.82) is 0 Å². The highest BCUT2D eigenvalue weighted by atomic mass is 16.2.